The third-order valence-corrected chi connectivity index (χ3v) is 8.45. The van der Waals surface area contributed by atoms with Crippen molar-refractivity contribution < 1.29 is 19.3 Å². The van der Waals surface area contributed by atoms with Crippen LogP contribution in [0.2, 0.25) is 0 Å². The largest absolute Gasteiger partial charge is 0.507 e. The molecule has 0 amide bonds. The van der Waals surface area contributed by atoms with Crippen molar-refractivity contribution in [2.24, 2.45) is 15.2 Å². The molecular weight excluding hydrogens is 668 g/mol. The van der Waals surface area contributed by atoms with Gasteiger partial charge in [0.05, 0.1) is 22.5 Å². The molecule has 4 aromatic rings. The molecule has 0 fully saturated rings. The second kappa shape index (κ2) is 9.86. The number of rotatable bonds is 4. The second-order valence-corrected chi connectivity index (χ2v) is 11.4. The Kier molecular flexibility index (Phi) is 5.95. The van der Waals surface area contributed by atoms with Gasteiger partial charge in [-0.1, -0.05) is 36.4 Å². The van der Waals surface area contributed by atoms with Crippen LogP contribution in [0.1, 0.15) is 28.5 Å². The van der Waals surface area contributed by atoms with Crippen LogP contribution in [-0.4, -0.2) is 35.8 Å². The first-order valence-corrected chi connectivity index (χ1v) is 14.6. The van der Waals surface area contributed by atoms with Crippen molar-refractivity contribution in [3.05, 3.63) is 116 Å². The van der Waals surface area contributed by atoms with E-state index in [9.17, 15) is 5.11 Å². The molecule has 3 atom stereocenters. The number of hydrogen-bond donors (Lipinski definition) is 2. The highest BCUT2D eigenvalue weighted by Crippen LogP contribution is 2.47. The predicted octanol–water partition coefficient (Wildman–Crippen LogP) is 5.99. The summed E-state index contributed by atoms with van der Waals surface area (Å²) in [5.41, 5.74) is 4.30. The van der Waals surface area contributed by atoms with Crippen LogP contribution in [0.5, 0.6) is 11.5 Å². The first kappa shape index (κ1) is 25.3. The number of aliphatic imine (C=N–C) groups is 1. The topological polar surface area (TPSA) is 104 Å². The molecule has 12 heteroatoms. The molecule has 10 nitrogen and oxygen atoms in total. The molecule has 4 aliphatic heterocycles. The minimum absolute atomic E-state index is 0.0530. The average molecular weight is 688 g/mol. The number of ether oxygens (including phenoxy) is 3. The summed E-state index contributed by atoms with van der Waals surface area (Å²) in [5, 5.41) is 27.3. The van der Waals surface area contributed by atoms with Crippen molar-refractivity contribution in [1.29, 1.82) is 0 Å². The molecule has 2 N–H and O–H groups in total. The first-order valence-electron chi connectivity index (χ1n) is 13.0. The molecule has 3 unspecified atom stereocenters. The zero-order valence-electron chi connectivity index (χ0n) is 21.6. The Balaban J connectivity index is 1.16. The van der Waals surface area contributed by atoms with Crippen molar-refractivity contribution in [3.8, 4) is 11.5 Å². The van der Waals surface area contributed by atoms with Crippen molar-refractivity contribution >= 4 is 61.2 Å². The molecule has 0 aromatic heterocycles. The van der Waals surface area contributed by atoms with Gasteiger partial charge in [-0.15, -0.1) is 10.2 Å². The minimum Gasteiger partial charge on any atom is -0.507 e. The first-order chi connectivity index (χ1) is 20.5. The second-order valence-electron chi connectivity index (χ2n) is 9.73. The van der Waals surface area contributed by atoms with Crippen LogP contribution in [0.3, 0.4) is 0 Å². The van der Waals surface area contributed by atoms with E-state index in [1.807, 2.05) is 72.8 Å². The Hall–Kier alpha value is -4.39. The normalized spacial score (nSPS) is 21.3. The quantitative estimate of drug-likeness (QED) is 0.272. The van der Waals surface area contributed by atoms with Crippen LogP contribution < -0.4 is 20.1 Å². The van der Waals surface area contributed by atoms with Crippen molar-refractivity contribution in [1.82, 2.24) is 5.32 Å². The van der Waals surface area contributed by atoms with E-state index in [4.69, 9.17) is 24.4 Å². The lowest BCUT2D eigenvalue weighted by molar-refractivity contribution is 0.0635. The van der Waals surface area contributed by atoms with Gasteiger partial charge in [-0.2, -0.15) is 0 Å². The van der Waals surface area contributed by atoms with Crippen molar-refractivity contribution in [2.45, 2.75) is 18.9 Å². The lowest BCUT2D eigenvalue weighted by Crippen LogP contribution is -2.49. The number of phenolic OH excluding ortho intramolecular Hbond substituents is 1. The maximum atomic E-state index is 11.0. The van der Waals surface area contributed by atoms with Gasteiger partial charge in [-0.05, 0) is 80.4 Å². The molecule has 4 heterocycles. The van der Waals surface area contributed by atoms with Gasteiger partial charge in [-0.25, -0.2) is 20.3 Å². The Labute approximate surface area is 256 Å². The molecule has 4 aromatic carbocycles. The van der Waals surface area contributed by atoms with E-state index in [1.165, 1.54) is 0 Å². The summed E-state index contributed by atoms with van der Waals surface area (Å²) in [5.74, 6) is 1.51. The molecule has 8 rings (SSSR count). The van der Waals surface area contributed by atoms with E-state index in [2.05, 4.69) is 42.2 Å². The highest BCUT2D eigenvalue weighted by molar-refractivity contribution is 9.11. The molecule has 0 saturated heterocycles. The molecular formula is C30H20Br2N6O4. The molecule has 0 saturated carbocycles. The van der Waals surface area contributed by atoms with Crippen LogP contribution in [-0.2, 0) is 9.47 Å². The number of hydrazone groups is 2. The number of benzene rings is 4. The summed E-state index contributed by atoms with van der Waals surface area (Å²) in [7, 11) is 0. The van der Waals surface area contributed by atoms with E-state index in [1.54, 1.807) is 28.4 Å². The Morgan fingerprint density at radius 1 is 0.762 bits per heavy atom. The SMILES string of the molecule is Oc1ccc(Br)c2c1C(Oc1ccc(Br)c3c1C=NC1OC(c4ccccc4)=NN31)NC1OC(c3ccccc3)=NN21. The molecule has 0 spiro atoms. The van der Waals surface area contributed by atoms with Gasteiger partial charge in [0.25, 0.3) is 12.7 Å². The Morgan fingerprint density at radius 2 is 1.40 bits per heavy atom. The zero-order chi connectivity index (χ0) is 28.4. The lowest BCUT2D eigenvalue weighted by atomic mass is 10.1. The summed E-state index contributed by atoms with van der Waals surface area (Å²) in [6, 6.07) is 26.5. The summed E-state index contributed by atoms with van der Waals surface area (Å²) in [6.45, 7) is 0. The maximum absolute atomic E-state index is 11.0. The Bertz CT molecular complexity index is 1820. The average Bonchev–Trinajstić information content (AvgIpc) is 3.65. The minimum atomic E-state index is -0.793. The van der Waals surface area contributed by atoms with Crippen molar-refractivity contribution in [2.75, 3.05) is 10.0 Å². The van der Waals surface area contributed by atoms with Gasteiger partial charge in [0.1, 0.15) is 11.5 Å². The zero-order valence-corrected chi connectivity index (χ0v) is 24.7. The fourth-order valence-corrected chi connectivity index (χ4v) is 6.30. The number of fused-ring (bicyclic) bond motifs is 6. The standard InChI is InChI=1S/C30H20Br2N6O4/c31-19-12-14-22(18-15-33-29-37(24(18)19)35-26(41-29)16-7-3-1-4-8-16)40-28-23-21(39)13-11-20(32)25(23)38-30(34-28)42-27(36-38)17-9-5-2-6-10-17/h1-15,28-30,34,39H. The number of hydrogen-bond acceptors (Lipinski definition) is 10. The fraction of sp³-hybridized carbons (Fsp3) is 0.100. The van der Waals surface area contributed by atoms with Gasteiger partial charge in [0.2, 0.25) is 11.8 Å². The van der Waals surface area contributed by atoms with Crippen LogP contribution >= 0.6 is 31.9 Å². The molecule has 42 heavy (non-hydrogen) atoms. The smallest absolute Gasteiger partial charge is 0.291 e. The number of nitrogens with zero attached hydrogens (tertiary/aromatic N) is 5. The van der Waals surface area contributed by atoms with Crippen LogP contribution in [0.25, 0.3) is 0 Å². The third-order valence-electron chi connectivity index (χ3n) is 7.17. The highest BCUT2D eigenvalue weighted by atomic mass is 79.9. The van der Waals surface area contributed by atoms with Crippen molar-refractivity contribution in [3.63, 3.8) is 0 Å². The van der Waals surface area contributed by atoms with Gasteiger partial charge in [0.15, 0.2) is 6.23 Å². The van der Waals surface area contributed by atoms with E-state index < -0.39 is 18.9 Å². The molecule has 208 valence electrons. The number of phenols is 1. The number of halogens is 2. The Morgan fingerprint density at radius 3 is 2.14 bits per heavy atom. The number of nitrogens with one attached hydrogen (secondary N) is 1. The molecule has 4 aliphatic rings. The predicted molar refractivity (Wildman–Crippen MR) is 165 cm³/mol. The molecule has 0 aliphatic carbocycles. The van der Waals surface area contributed by atoms with Crippen LogP contribution in [0, 0.1) is 0 Å². The van der Waals surface area contributed by atoms with E-state index in [0.29, 0.717) is 34.4 Å². The van der Waals surface area contributed by atoms with Gasteiger partial charge >= 0.3 is 0 Å². The summed E-state index contributed by atoms with van der Waals surface area (Å²) >= 11 is 7.32. The maximum Gasteiger partial charge on any atom is 0.291 e. The molecule has 0 bridgehead atoms. The number of aromatic hydroxyl groups is 1. The van der Waals surface area contributed by atoms with Gasteiger partial charge in [-0.3, -0.25) is 0 Å². The van der Waals surface area contributed by atoms with E-state index in [-0.39, 0.29) is 5.75 Å². The third kappa shape index (κ3) is 4.05. The van der Waals surface area contributed by atoms with Gasteiger partial charge in [0, 0.05) is 26.3 Å². The summed E-state index contributed by atoms with van der Waals surface area (Å²) in [6.07, 6.45) is -0.384. The fourth-order valence-electron chi connectivity index (χ4n) is 5.25. The lowest BCUT2D eigenvalue weighted by Gasteiger charge is -2.37. The van der Waals surface area contributed by atoms with Gasteiger partial charge < -0.3 is 19.3 Å². The summed E-state index contributed by atoms with van der Waals surface area (Å²) in [4.78, 5) is 4.61. The molecule has 0 radical (unpaired) electrons. The van der Waals surface area contributed by atoms with Crippen LogP contribution in [0.15, 0.2) is 109 Å². The monoisotopic (exact) mass is 686 g/mol. The van der Waals surface area contributed by atoms with E-state index in [0.717, 1.165) is 25.8 Å². The highest BCUT2D eigenvalue weighted by Gasteiger charge is 2.43. The van der Waals surface area contributed by atoms with Crippen LogP contribution in [0.4, 0.5) is 11.4 Å². The van der Waals surface area contributed by atoms with E-state index >= 15 is 0 Å². The number of anilines is 2. The summed E-state index contributed by atoms with van der Waals surface area (Å²) < 4.78 is 20.4.